The van der Waals surface area contributed by atoms with Crippen molar-refractivity contribution in [2.24, 2.45) is 0 Å². The van der Waals surface area contributed by atoms with E-state index in [1.165, 1.54) is 31.2 Å². The second-order valence-electron chi connectivity index (χ2n) is 5.12. The molecular formula is C17H14BrF2NO3. The zero-order valence-electron chi connectivity index (χ0n) is 12.9. The minimum atomic E-state index is -1.18. The van der Waals surface area contributed by atoms with Gasteiger partial charge in [-0.3, -0.25) is 4.79 Å². The molecule has 24 heavy (non-hydrogen) atoms. The average molecular weight is 398 g/mol. The summed E-state index contributed by atoms with van der Waals surface area (Å²) in [4.78, 5) is 23.9. The van der Waals surface area contributed by atoms with Crippen LogP contribution in [0, 0.1) is 18.6 Å². The van der Waals surface area contributed by atoms with Crippen LogP contribution in [-0.4, -0.2) is 18.0 Å². The van der Waals surface area contributed by atoms with Crippen LogP contribution in [0.15, 0.2) is 40.9 Å². The van der Waals surface area contributed by atoms with Crippen molar-refractivity contribution in [1.29, 1.82) is 0 Å². The normalized spacial score (nSPS) is 11.7. The second kappa shape index (κ2) is 7.53. The molecule has 0 aliphatic rings. The molecule has 0 saturated heterocycles. The van der Waals surface area contributed by atoms with Crippen molar-refractivity contribution in [3.8, 4) is 0 Å². The van der Waals surface area contributed by atoms with Gasteiger partial charge in [0.05, 0.1) is 5.56 Å². The molecule has 0 aliphatic heterocycles. The van der Waals surface area contributed by atoms with Crippen LogP contribution in [0.3, 0.4) is 0 Å². The van der Waals surface area contributed by atoms with Gasteiger partial charge in [0.1, 0.15) is 11.6 Å². The number of nitrogens with one attached hydrogen (secondary N) is 1. The molecule has 0 saturated carbocycles. The lowest BCUT2D eigenvalue weighted by Crippen LogP contribution is -2.30. The van der Waals surface area contributed by atoms with Gasteiger partial charge >= 0.3 is 5.97 Å². The Morgan fingerprint density at radius 3 is 2.46 bits per heavy atom. The molecular weight excluding hydrogens is 384 g/mol. The van der Waals surface area contributed by atoms with E-state index in [-0.39, 0.29) is 11.3 Å². The Morgan fingerprint density at radius 1 is 1.12 bits per heavy atom. The van der Waals surface area contributed by atoms with Crippen LogP contribution in [-0.2, 0) is 9.53 Å². The monoisotopic (exact) mass is 397 g/mol. The fourth-order valence-electron chi connectivity index (χ4n) is 1.85. The highest BCUT2D eigenvalue weighted by Gasteiger charge is 2.21. The molecule has 0 unspecified atom stereocenters. The topological polar surface area (TPSA) is 55.4 Å². The van der Waals surface area contributed by atoms with Gasteiger partial charge in [0.25, 0.3) is 5.91 Å². The molecule has 0 heterocycles. The van der Waals surface area contributed by atoms with Crippen LogP contribution in [0.5, 0.6) is 0 Å². The third-order valence-electron chi connectivity index (χ3n) is 3.24. The first-order valence-corrected chi connectivity index (χ1v) is 7.80. The molecule has 1 atom stereocenters. The molecule has 0 aromatic heterocycles. The van der Waals surface area contributed by atoms with Gasteiger partial charge in [0.2, 0.25) is 0 Å². The van der Waals surface area contributed by atoms with Gasteiger partial charge in [-0.15, -0.1) is 0 Å². The Hall–Kier alpha value is -2.28. The highest BCUT2D eigenvalue weighted by atomic mass is 79.9. The van der Waals surface area contributed by atoms with Gasteiger partial charge in [0, 0.05) is 10.2 Å². The molecule has 126 valence electrons. The first-order valence-electron chi connectivity index (χ1n) is 7.01. The predicted octanol–water partition coefficient (Wildman–Crippen LogP) is 4.22. The molecule has 7 heteroatoms. The first-order chi connectivity index (χ1) is 11.3. The van der Waals surface area contributed by atoms with Crippen LogP contribution in [0.2, 0.25) is 0 Å². The number of esters is 1. The number of benzene rings is 2. The zero-order chi connectivity index (χ0) is 17.9. The summed E-state index contributed by atoms with van der Waals surface area (Å²) < 4.78 is 32.6. The molecule has 2 aromatic carbocycles. The van der Waals surface area contributed by atoms with Crippen LogP contribution in [0.25, 0.3) is 0 Å². The highest BCUT2D eigenvalue weighted by molar-refractivity contribution is 9.10. The number of carbonyl (C=O) groups excluding carboxylic acids is 2. The van der Waals surface area contributed by atoms with Crippen LogP contribution < -0.4 is 5.32 Å². The van der Waals surface area contributed by atoms with E-state index >= 15 is 0 Å². The Bertz CT molecular complexity index is 795. The van der Waals surface area contributed by atoms with E-state index in [0.717, 1.165) is 12.1 Å². The van der Waals surface area contributed by atoms with Gasteiger partial charge in [0.15, 0.2) is 6.10 Å². The lowest BCUT2D eigenvalue weighted by Gasteiger charge is -2.14. The molecule has 2 rings (SSSR count). The van der Waals surface area contributed by atoms with Gasteiger partial charge in [-0.2, -0.15) is 0 Å². The first kappa shape index (κ1) is 18.1. The third-order valence-corrected chi connectivity index (χ3v) is 3.74. The maximum absolute atomic E-state index is 13.7. The molecule has 1 N–H and O–H groups in total. The number of hydrogen-bond donors (Lipinski definition) is 1. The van der Waals surface area contributed by atoms with Crippen LogP contribution in [0.1, 0.15) is 22.8 Å². The van der Waals surface area contributed by atoms with Gasteiger partial charge in [-0.1, -0.05) is 22.0 Å². The Kier molecular flexibility index (Phi) is 5.66. The van der Waals surface area contributed by atoms with Crippen LogP contribution >= 0.6 is 15.9 Å². The van der Waals surface area contributed by atoms with Crippen molar-refractivity contribution in [1.82, 2.24) is 0 Å². The summed E-state index contributed by atoms with van der Waals surface area (Å²) in [5.41, 5.74) is 0.401. The average Bonchev–Trinajstić information content (AvgIpc) is 2.50. The van der Waals surface area contributed by atoms with Crippen molar-refractivity contribution >= 4 is 33.5 Å². The number of aryl methyl sites for hydroxylation is 1. The van der Waals surface area contributed by atoms with Gasteiger partial charge < -0.3 is 10.1 Å². The van der Waals surface area contributed by atoms with Crippen molar-refractivity contribution in [3.05, 3.63) is 63.6 Å². The Labute approximate surface area is 145 Å². The lowest BCUT2D eigenvalue weighted by atomic mass is 10.2. The van der Waals surface area contributed by atoms with Gasteiger partial charge in [-0.05, 0) is 49.7 Å². The number of carbonyl (C=O) groups is 2. The minimum Gasteiger partial charge on any atom is -0.449 e. The van der Waals surface area contributed by atoms with Crippen LogP contribution in [0.4, 0.5) is 14.5 Å². The largest absolute Gasteiger partial charge is 0.449 e. The number of hydrogen-bond acceptors (Lipinski definition) is 3. The summed E-state index contributed by atoms with van der Waals surface area (Å²) in [5.74, 6) is -2.83. The van der Waals surface area contributed by atoms with E-state index in [0.29, 0.717) is 10.0 Å². The molecule has 4 nitrogen and oxygen atoms in total. The number of rotatable bonds is 4. The Balaban J connectivity index is 2.02. The Morgan fingerprint density at radius 2 is 1.83 bits per heavy atom. The van der Waals surface area contributed by atoms with Crippen molar-refractivity contribution < 1.29 is 23.1 Å². The summed E-state index contributed by atoms with van der Waals surface area (Å²) in [5, 5.41) is 2.43. The quantitative estimate of drug-likeness (QED) is 0.785. The number of amides is 1. The van der Waals surface area contributed by atoms with E-state index < -0.39 is 29.6 Å². The van der Waals surface area contributed by atoms with E-state index in [2.05, 4.69) is 21.2 Å². The lowest BCUT2D eigenvalue weighted by molar-refractivity contribution is -0.123. The number of halogens is 3. The highest BCUT2D eigenvalue weighted by Crippen LogP contribution is 2.17. The summed E-state index contributed by atoms with van der Waals surface area (Å²) in [6.45, 7) is 2.94. The maximum atomic E-state index is 13.7. The molecule has 0 radical (unpaired) electrons. The predicted molar refractivity (Wildman–Crippen MR) is 88.7 cm³/mol. The van der Waals surface area contributed by atoms with Gasteiger partial charge in [-0.25, -0.2) is 13.6 Å². The molecule has 0 aliphatic carbocycles. The summed E-state index contributed by atoms with van der Waals surface area (Å²) >= 11 is 3.08. The van der Waals surface area contributed by atoms with E-state index in [4.69, 9.17) is 4.74 Å². The van der Waals surface area contributed by atoms with E-state index in [1.54, 1.807) is 6.92 Å². The summed E-state index contributed by atoms with van der Waals surface area (Å²) in [7, 11) is 0. The second-order valence-corrected chi connectivity index (χ2v) is 6.04. The smallest absolute Gasteiger partial charge is 0.341 e. The molecule has 2 aromatic rings. The fraction of sp³-hybridized carbons (Fsp3) is 0.176. The van der Waals surface area contributed by atoms with Crippen molar-refractivity contribution in [3.63, 3.8) is 0 Å². The fourth-order valence-corrected chi connectivity index (χ4v) is 2.18. The van der Waals surface area contributed by atoms with E-state index in [1.807, 2.05) is 0 Å². The molecule has 1 amide bonds. The van der Waals surface area contributed by atoms with E-state index in [9.17, 15) is 18.4 Å². The standard InChI is InChI=1S/C17H14BrF2NO3/c1-9-3-5-12(8-14(9)19)21-16(22)10(2)24-17(23)13-6-4-11(18)7-15(13)20/h3-8,10H,1-2H3,(H,21,22)/t10-/m0/s1. The molecule has 0 fully saturated rings. The molecule has 0 bridgehead atoms. The molecule has 0 spiro atoms. The third kappa shape index (κ3) is 4.38. The zero-order valence-corrected chi connectivity index (χ0v) is 14.5. The number of anilines is 1. The maximum Gasteiger partial charge on any atom is 0.341 e. The summed E-state index contributed by atoms with van der Waals surface area (Å²) in [6, 6.07) is 8.06. The summed E-state index contributed by atoms with van der Waals surface area (Å²) in [6.07, 6.45) is -1.18. The number of ether oxygens (including phenoxy) is 1. The van der Waals surface area contributed by atoms with Crippen molar-refractivity contribution in [2.45, 2.75) is 20.0 Å². The SMILES string of the molecule is Cc1ccc(NC(=O)[C@H](C)OC(=O)c2ccc(Br)cc2F)cc1F. The van der Waals surface area contributed by atoms with Crippen molar-refractivity contribution in [2.75, 3.05) is 5.32 Å². The minimum absolute atomic E-state index is 0.237.